The average molecular weight is 316 g/mol. The molecule has 0 saturated heterocycles. The maximum Gasteiger partial charge on any atom is 0.289 e. The van der Waals surface area contributed by atoms with E-state index in [2.05, 4.69) is 4.98 Å². The lowest BCUT2D eigenvalue weighted by atomic mass is 9.98. The van der Waals surface area contributed by atoms with Crippen LogP contribution in [0.5, 0.6) is 0 Å². The minimum absolute atomic E-state index is 0.0542. The summed E-state index contributed by atoms with van der Waals surface area (Å²) in [5.41, 5.74) is 1.44. The first-order valence-electron chi connectivity index (χ1n) is 7.80. The predicted octanol–water partition coefficient (Wildman–Crippen LogP) is 2.43. The SMILES string of the molecule is Cc1ccnc(C[C@@H](C)N(C)C(=O)C2=CC(=O)CC(C)(C)O2)c1. The standard InChI is InChI=1S/C18H24N2O3/c1-12-6-7-19-14(8-12)9-13(2)20(5)17(22)16-10-15(21)11-18(3,4)23-16/h6-8,10,13H,9,11H2,1-5H3/t13-/m1/s1. The van der Waals surface area contributed by atoms with E-state index in [0.29, 0.717) is 6.42 Å². The van der Waals surface area contributed by atoms with Crippen LogP contribution < -0.4 is 0 Å². The summed E-state index contributed by atoms with van der Waals surface area (Å²) in [4.78, 5) is 30.3. The lowest BCUT2D eigenvalue weighted by molar-refractivity contribution is -0.138. The van der Waals surface area contributed by atoms with Gasteiger partial charge in [0, 0.05) is 43.9 Å². The topological polar surface area (TPSA) is 59.5 Å². The smallest absolute Gasteiger partial charge is 0.289 e. The molecular weight excluding hydrogens is 292 g/mol. The van der Waals surface area contributed by atoms with Gasteiger partial charge in [-0.1, -0.05) is 0 Å². The Balaban J connectivity index is 2.08. The number of pyridine rings is 1. The fourth-order valence-corrected chi connectivity index (χ4v) is 2.61. The van der Waals surface area contributed by atoms with Gasteiger partial charge < -0.3 is 9.64 Å². The maximum absolute atomic E-state index is 12.6. The summed E-state index contributed by atoms with van der Waals surface area (Å²) in [5.74, 6) is -0.227. The van der Waals surface area contributed by atoms with E-state index in [1.54, 1.807) is 18.1 Å². The fourth-order valence-electron chi connectivity index (χ4n) is 2.61. The molecule has 1 aliphatic heterocycles. The van der Waals surface area contributed by atoms with Crippen molar-refractivity contribution in [3.63, 3.8) is 0 Å². The Morgan fingerprint density at radius 2 is 2.17 bits per heavy atom. The van der Waals surface area contributed by atoms with E-state index in [4.69, 9.17) is 4.74 Å². The molecule has 2 heterocycles. The number of hydrogen-bond donors (Lipinski definition) is 0. The van der Waals surface area contributed by atoms with Crippen LogP contribution in [0.25, 0.3) is 0 Å². The highest BCUT2D eigenvalue weighted by Gasteiger charge is 2.33. The number of likely N-dealkylation sites (N-methyl/N-ethyl adjacent to an activating group) is 1. The zero-order valence-electron chi connectivity index (χ0n) is 14.4. The molecule has 0 N–H and O–H groups in total. The van der Waals surface area contributed by atoms with Crippen molar-refractivity contribution < 1.29 is 14.3 Å². The van der Waals surface area contributed by atoms with E-state index >= 15 is 0 Å². The minimum atomic E-state index is -0.640. The highest BCUT2D eigenvalue weighted by Crippen LogP contribution is 2.26. The molecule has 0 bridgehead atoms. The summed E-state index contributed by atoms with van der Waals surface area (Å²) < 4.78 is 5.68. The fraction of sp³-hybridized carbons (Fsp3) is 0.500. The molecular formula is C18H24N2O3. The molecule has 124 valence electrons. The van der Waals surface area contributed by atoms with Crippen molar-refractivity contribution in [2.45, 2.75) is 52.2 Å². The Morgan fingerprint density at radius 3 is 2.78 bits per heavy atom. The van der Waals surface area contributed by atoms with Gasteiger partial charge in [0.2, 0.25) is 0 Å². The first kappa shape index (κ1) is 17.2. The molecule has 1 aliphatic rings. The second-order valence-electron chi connectivity index (χ2n) is 6.81. The van der Waals surface area contributed by atoms with Crippen LogP contribution in [-0.2, 0) is 20.7 Å². The molecule has 1 aromatic rings. The second-order valence-corrected chi connectivity index (χ2v) is 6.81. The van der Waals surface area contributed by atoms with Gasteiger partial charge in [0.1, 0.15) is 5.60 Å². The molecule has 1 amide bonds. The molecule has 23 heavy (non-hydrogen) atoms. The lowest BCUT2D eigenvalue weighted by Gasteiger charge is -2.33. The lowest BCUT2D eigenvalue weighted by Crippen LogP contribution is -2.42. The van der Waals surface area contributed by atoms with Crippen molar-refractivity contribution >= 4 is 11.7 Å². The highest BCUT2D eigenvalue weighted by atomic mass is 16.5. The number of ether oxygens (including phenoxy) is 1. The molecule has 5 heteroatoms. The Hall–Kier alpha value is -2.17. The van der Waals surface area contributed by atoms with Gasteiger partial charge in [-0.3, -0.25) is 14.6 Å². The van der Waals surface area contributed by atoms with Crippen LogP contribution >= 0.6 is 0 Å². The summed E-state index contributed by atoms with van der Waals surface area (Å²) in [5, 5.41) is 0. The molecule has 1 atom stereocenters. The van der Waals surface area contributed by atoms with Gasteiger partial charge in [-0.25, -0.2) is 0 Å². The molecule has 0 aliphatic carbocycles. The van der Waals surface area contributed by atoms with Crippen molar-refractivity contribution in [3.8, 4) is 0 Å². The van der Waals surface area contributed by atoms with Crippen LogP contribution in [0.4, 0.5) is 0 Å². The van der Waals surface area contributed by atoms with E-state index < -0.39 is 5.60 Å². The third-order valence-corrected chi connectivity index (χ3v) is 3.95. The molecule has 1 aromatic heterocycles. The molecule has 0 unspecified atom stereocenters. The van der Waals surface area contributed by atoms with Crippen LogP contribution in [0.2, 0.25) is 0 Å². The molecule has 0 saturated carbocycles. The summed E-state index contributed by atoms with van der Waals surface area (Å²) in [6.45, 7) is 7.59. The molecule has 5 nitrogen and oxygen atoms in total. The van der Waals surface area contributed by atoms with Crippen molar-refractivity contribution in [2.75, 3.05) is 7.05 Å². The van der Waals surface area contributed by atoms with Crippen LogP contribution in [0.1, 0.15) is 38.4 Å². The number of carbonyl (C=O) groups excluding carboxylic acids is 2. The third-order valence-electron chi connectivity index (χ3n) is 3.95. The van der Waals surface area contributed by atoms with Gasteiger partial charge in [0.15, 0.2) is 11.5 Å². The van der Waals surface area contributed by atoms with Gasteiger partial charge in [-0.15, -0.1) is 0 Å². The Morgan fingerprint density at radius 1 is 1.48 bits per heavy atom. The van der Waals surface area contributed by atoms with E-state index in [9.17, 15) is 9.59 Å². The minimum Gasteiger partial charge on any atom is -0.481 e. The summed E-state index contributed by atoms with van der Waals surface area (Å²) in [6, 6.07) is 3.90. The number of allylic oxidation sites excluding steroid dienone is 1. The number of hydrogen-bond acceptors (Lipinski definition) is 4. The zero-order valence-corrected chi connectivity index (χ0v) is 14.4. The quantitative estimate of drug-likeness (QED) is 0.856. The summed E-state index contributed by atoms with van der Waals surface area (Å²) >= 11 is 0. The number of ketones is 1. The van der Waals surface area contributed by atoms with Crippen molar-refractivity contribution in [2.24, 2.45) is 0 Å². The zero-order chi connectivity index (χ0) is 17.2. The first-order chi connectivity index (χ1) is 10.7. The van der Waals surface area contributed by atoms with E-state index in [-0.39, 0.29) is 29.9 Å². The van der Waals surface area contributed by atoms with Gasteiger partial charge in [0.05, 0.1) is 0 Å². The maximum atomic E-state index is 12.6. The highest BCUT2D eigenvalue weighted by molar-refractivity contribution is 6.01. The van der Waals surface area contributed by atoms with Gasteiger partial charge in [-0.05, 0) is 45.4 Å². The van der Waals surface area contributed by atoms with Gasteiger partial charge in [0.25, 0.3) is 5.91 Å². The number of aryl methyl sites for hydroxylation is 1. The number of amides is 1. The third kappa shape index (κ3) is 4.41. The van der Waals surface area contributed by atoms with Crippen LogP contribution in [0.3, 0.4) is 0 Å². The Kier molecular flexibility index (Phi) is 4.88. The number of carbonyl (C=O) groups is 2. The predicted molar refractivity (Wildman–Crippen MR) is 87.8 cm³/mol. The summed E-state index contributed by atoms with van der Waals surface area (Å²) in [6.07, 6.45) is 4.01. The average Bonchev–Trinajstić information content (AvgIpc) is 2.43. The number of aromatic nitrogens is 1. The monoisotopic (exact) mass is 316 g/mol. The molecule has 2 rings (SSSR count). The van der Waals surface area contributed by atoms with Crippen molar-refractivity contribution in [3.05, 3.63) is 41.4 Å². The number of nitrogens with zero attached hydrogens (tertiary/aromatic N) is 2. The summed E-state index contributed by atoms with van der Waals surface area (Å²) in [7, 11) is 1.72. The van der Waals surface area contributed by atoms with Crippen molar-refractivity contribution in [1.29, 1.82) is 0 Å². The van der Waals surface area contributed by atoms with Gasteiger partial charge >= 0.3 is 0 Å². The Bertz CT molecular complexity index is 649. The normalized spacial score (nSPS) is 18.0. The molecule has 0 radical (unpaired) electrons. The molecule has 0 aromatic carbocycles. The first-order valence-corrected chi connectivity index (χ1v) is 7.80. The van der Waals surface area contributed by atoms with Crippen molar-refractivity contribution in [1.82, 2.24) is 9.88 Å². The van der Waals surface area contributed by atoms with Gasteiger partial charge in [-0.2, -0.15) is 0 Å². The van der Waals surface area contributed by atoms with E-state index in [1.807, 2.05) is 39.8 Å². The number of rotatable bonds is 4. The van der Waals surface area contributed by atoms with Crippen LogP contribution in [0, 0.1) is 6.92 Å². The largest absolute Gasteiger partial charge is 0.481 e. The van der Waals surface area contributed by atoms with E-state index in [1.165, 1.54) is 6.08 Å². The second kappa shape index (κ2) is 6.52. The van der Waals surface area contributed by atoms with E-state index in [0.717, 1.165) is 11.3 Å². The molecule has 0 fully saturated rings. The van der Waals surface area contributed by atoms with Crippen LogP contribution in [-0.4, -0.2) is 40.3 Å². The molecule has 0 spiro atoms. The van der Waals surface area contributed by atoms with Crippen LogP contribution in [0.15, 0.2) is 30.2 Å². The Labute approximate surface area is 137 Å².